The molecule has 0 saturated heterocycles. The van der Waals surface area contributed by atoms with Gasteiger partial charge in [-0.25, -0.2) is 9.78 Å². The number of aromatic nitrogens is 2. The number of fused-ring (bicyclic) bond motifs is 1. The standard InChI is InChI=1S/C11H14N4O4S/c1-3-19-11(17)12-4-6-8(16)15-7-9(18-2)13-5-14-10(7)20-6/h5-6H,3-4H2,1-2H3,(H,12,17)(H,15,16). The van der Waals surface area contributed by atoms with Crippen molar-refractivity contribution in [2.75, 3.05) is 25.6 Å². The number of hydrogen-bond acceptors (Lipinski definition) is 7. The number of methoxy groups -OCH3 is 1. The zero-order chi connectivity index (χ0) is 14.5. The number of alkyl carbamates (subject to hydrolysis) is 1. The predicted octanol–water partition coefficient (Wildman–Crippen LogP) is 0.644. The average molecular weight is 298 g/mol. The second-order valence-electron chi connectivity index (χ2n) is 3.76. The molecule has 1 aromatic heterocycles. The summed E-state index contributed by atoms with van der Waals surface area (Å²) in [6.45, 7) is 2.14. The van der Waals surface area contributed by atoms with E-state index in [1.54, 1.807) is 6.92 Å². The van der Waals surface area contributed by atoms with Crippen LogP contribution >= 0.6 is 11.8 Å². The van der Waals surface area contributed by atoms with Crippen molar-refractivity contribution in [3.63, 3.8) is 0 Å². The van der Waals surface area contributed by atoms with E-state index in [4.69, 9.17) is 9.47 Å². The Morgan fingerprint density at radius 3 is 3.05 bits per heavy atom. The summed E-state index contributed by atoms with van der Waals surface area (Å²) in [5, 5.41) is 5.33. The minimum absolute atomic E-state index is 0.154. The first-order chi connectivity index (χ1) is 9.65. The first-order valence-electron chi connectivity index (χ1n) is 5.92. The van der Waals surface area contributed by atoms with Gasteiger partial charge in [0.1, 0.15) is 22.3 Å². The second kappa shape index (κ2) is 6.42. The van der Waals surface area contributed by atoms with Gasteiger partial charge in [-0.3, -0.25) is 4.79 Å². The van der Waals surface area contributed by atoms with Gasteiger partial charge in [-0.15, -0.1) is 0 Å². The van der Waals surface area contributed by atoms with Gasteiger partial charge in [0.15, 0.2) is 0 Å². The highest BCUT2D eigenvalue weighted by Crippen LogP contribution is 2.37. The zero-order valence-corrected chi connectivity index (χ0v) is 11.8. The van der Waals surface area contributed by atoms with Gasteiger partial charge in [-0.1, -0.05) is 11.8 Å². The number of anilines is 1. The minimum atomic E-state index is -0.549. The highest BCUT2D eigenvalue weighted by atomic mass is 32.2. The first kappa shape index (κ1) is 14.4. The van der Waals surface area contributed by atoms with Crippen LogP contribution in [0.25, 0.3) is 0 Å². The predicted molar refractivity (Wildman–Crippen MR) is 71.9 cm³/mol. The van der Waals surface area contributed by atoms with Crippen molar-refractivity contribution in [3.8, 4) is 5.88 Å². The van der Waals surface area contributed by atoms with E-state index in [9.17, 15) is 9.59 Å². The van der Waals surface area contributed by atoms with Gasteiger partial charge >= 0.3 is 6.09 Å². The molecule has 9 heteroatoms. The Morgan fingerprint density at radius 2 is 2.35 bits per heavy atom. The molecule has 1 aromatic rings. The third-order valence-electron chi connectivity index (χ3n) is 2.47. The molecule has 0 spiro atoms. The lowest BCUT2D eigenvalue weighted by molar-refractivity contribution is -0.115. The number of thioether (sulfide) groups is 1. The van der Waals surface area contributed by atoms with Gasteiger partial charge < -0.3 is 20.1 Å². The topological polar surface area (TPSA) is 102 Å². The van der Waals surface area contributed by atoms with E-state index in [0.29, 0.717) is 16.6 Å². The maximum atomic E-state index is 12.0. The third-order valence-corrected chi connectivity index (χ3v) is 3.67. The molecule has 0 aromatic carbocycles. The zero-order valence-electron chi connectivity index (χ0n) is 11.0. The second-order valence-corrected chi connectivity index (χ2v) is 4.95. The van der Waals surface area contributed by atoms with E-state index >= 15 is 0 Å². The van der Waals surface area contributed by atoms with Crippen molar-refractivity contribution in [3.05, 3.63) is 6.33 Å². The Morgan fingerprint density at radius 1 is 1.55 bits per heavy atom. The molecule has 1 aliphatic heterocycles. The van der Waals surface area contributed by atoms with Gasteiger partial charge in [-0.05, 0) is 6.92 Å². The van der Waals surface area contributed by atoms with Gasteiger partial charge in [-0.2, -0.15) is 4.98 Å². The summed E-state index contributed by atoms with van der Waals surface area (Å²) >= 11 is 1.24. The molecule has 1 atom stereocenters. The van der Waals surface area contributed by atoms with Crippen LogP contribution in [0.5, 0.6) is 5.88 Å². The van der Waals surface area contributed by atoms with Crippen LogP contribution in [0.4, 0.5) is 10.5 Å². The number of ether oxygens (including phenoxy) is 2. The van der Waals surface area contributed by atoms with Crippen molar-refractivity contribution in [2.45, 2.75) is 17.2 Å². The molecule has 1 unspecified atom stereocenters. The van der Waals surface area contributed by atoms with E-state index in [1.165, 1.54) is 25.2 Å². The highest BCUT2D eigenvalue weighted by molar-refractivity contribution is 8.00. The summed E-state index contributed by atoms with van der Waals surface area (Å²) in [4.78, 5) is 31.2. The maximum absolute atomic E-state index is 12.0. The van der Waals surface area contributed by atoms with Crippen LogP contribution in [0.3, 0.4) is 0 Å². The largest absolute Gasteiger partial charge is 0.479 e. The molecule has 2 N–H and O–H groups in total. The SMILES string of the molecule is CCOC(=O)NCC1Sc2ncnc(OC)c2NC1=O. The molecule has 0 fully saturated rings. The lowest BCUT2D eigenvalue weighted by Gasteiger charge is -2.23. The summed E-state index contributed by atoms with van der Waals surface area (Å²) in [5.41, 5.74) is 0.456. The number of nitrogens with one attached hydrogen (secondary N) is 2. The van der Waals surface area contributed by atoms with Crippen molar-refractivity contribution < 1.29 is 19.1 Å². The molecular weight excluding hydrogens is 284 g/mol. The average Bonchev–Trinajstić information content (AvgIpc) is 2.44. The smallest absolute Gasteiger partial charge is 0.407 e. The molecule has 108 valence electrons. The van der Waals surface area contributed by atoms with E-state index in [1.807, 2.05) is 0 Å². The van der Waals surface area contributed by atoms with Crippen LogP contribution in [0, 0.1) is 0 Å². The van der Waals surface area contributed by atoms with Crippen molar-refractivity contribution in [2.24, 2.45) is 0 Å². The highest BCUT2D eigenvalue weighted by Gasteiger charge is 2.30. The number of nitrogens with zero attached hydrogens (tertiary/aromatic N) is 2. The molecule has 0 saturated carbocycles. The Balaban J connectivity index is 2.04. The van der Waals surface area contributed by atoms with Crippen LogP contribution in [0.1, 0.15) is 6.92 Å². The number of hydrogen-bond donors (Lipinski definition) is 2. The van der Waals surface area contributed by atoms with E-state index in [2.05, 4.69) is 20.6 Å². The van der Waals surface area contributed by atoms with Crippen molar-refractivity contribution >= 4 is 29.4 Å². The molecule has 20 heavy (non-hydrogen) atoms. The summed E-state index contributed by atoms with van der Waals surface area (Å²) in [5.74, 6) is 0.0695. The molecule has 0 aliphatic carbocycles. The van der Waals surface area contributed by atoms with Crippen molar-refractivity contribution in [1.29, 1.82) is 0 Å². The number of carbonyl (C=O) groups excluding carboxylic acids is 2. The summed E-state index contributed by atoms with van der Waals surface area (Å²) in [6, 6.07) is 0. The summed E-state index contributed by atoms with van der Waals surface area (Å²) in [6.07, 6.45) is 0.810. The summed E-state index contributed by atoms with van der Waals surface area (Å²) in [7, 11) is 1.47. The van der Waals surface area contributed by atoms with E-state index in [0.717, 1.165) is 0 Å². The van der Waals surface area contributed by atoms with E-state index < -0.39 is 11.3 Å². The van der Waals surface area contributed by atoms with Crippen LogP contribution in [-0.4, -0.2) is 47.5 Å². The molecular formula is C11H14N4O4S. The number of amides is 2. The van der Waals surface area contributed by atoms with Crippen LogP contribution in [0.15, 0.2) is 11.4 Å². The lowest BCUT2D eigenvalue weighted by Crippen LogP contribution is -2.40. The first-order valence-corrected chi connectivity index (χ1v) is 6.80. The van der Waals surface area contributed by atoms with Crippen LogP contribution in [-0.2, 0) is 9.53 Å². The molecule has 2 rings (SSSR count). The van der Waals surface area contributed by atoms with Crippen LogP contribution < -0.4 is 15.4 Å². The number of rotatable bonds is 4. The number of carbonyl (C=O) groups is 2. The fraction of sp³-hybridized carbons (Fsp3) is 0.455. The van der Waals surface area contributed by atoms with Crippen LogP contribution in [0.2, 0.25) is 0 Å². The molecule has 2 amide bonds. The Labute approximate surface area is 119 Å². The Bertz CT molecular complexity index is 525. The monoisotopic (exact) mass is 298 g/mol. The fourth-order valence-electron chi connectivity index (χ4n) is 1.59. The van der Waals surface area contributed by atoms with Gasteiger partial charge in [0, 0.05) is 6.54 Å². The van der Waals surface area contributed by atoms with Gasteiger partial charge in [0.2, 0.25) is 11.8 Å². The molecule has 1 aliphatic rings. The van der Waals surface area contributed by atoms with Crippen molar-refractivity contribution in [1.82, 2.24) is 15.3 Å². The Kier molecular flexibility index (Phi) is 4.61. The molecule has 0 radical (unpaired) electrons. The maximum Gasteiger partial charge on any atom is 0.407 e. The normalized spacial score (nSPS) is 16.9. The van der Waals surface area contributed by atoms with Gasteiger partial charge in [0.05, 0.1) is 13.7 Å². The van der Waals surface area contributed by atoms with Gasteiger partial charge in [0.25, 0.3) is 0 Å². The fourth-order valence-corrected chi connectivity index (χ4v) is 2.56. The van der Waals surface area contributed by atoms with E-state index in [-0.39, 0.29) is 19.1 Å². The third kappa shape index (κ3) is 3.10. The lowest BCUT2D eigenvalue weighted by atomic mass is 10.3. The summed E-state index contributed by atoms with van der Waals surface area (Å²) < 4.78 is 9.79. The minimum Gasteiger partial charge on any atom is -0.479 e. The molecule has 0 bridgehead atoms. The quantitative estimate of drug-likeness (QED) is 0.786. The molecule has 8 nitrogen and oxygen atoms in total. The molecule has 2 heterocycles. The Hall–Kier alpha value is -2.03.